The van der Waals surface area contributed by atoms with Crippen molar-refractivity contribution in [3.63, 3.8) is 0 Å². The second-order valence-electron chi connectivity index (χ2n) is 5.47. The number of methoxy groups -OCH3 is 1. The third-order valence-electron chi connectivity index (χ3n) is 3.50. The van der Waals surface area contributed by atoms with E-state index in [1.807, 2.05) is 44.2 Å². The van der Waals surface area contributed by atoms with E-state index in [1.54, 1.807) is 7.11 Å². The maximum Gasteiger partial charge on any atom is 0.332 e. The van der Waals surface area contributed by atoms with Gasteiger partial charge < -0.3 is 15.2 Å². The molecule has 0 radical (unpaired) electrons. The minimum Gasteiger partial charge on any atom is -0.496 e. The number of hydrogen-bond acceptors (Lipinski definition) is 4. The maximum absolute atomic E-state index is 10.6. The molecule has 0 aromatic heterocycles. The highest BCUT2D eigenvalue weighted by Gasteiger charge is 2.08. The molecule has 2 aromatic carbocycles. The molecule has 2 amide bonds. The van der Waals surface area contributed by atoms with Crippen LogP contribution in [0.4, 0.5) is 4.79 Å². The lowest BCUT2D eigenvalue weighted by atomic mass is 10.1. The quantitative estimate of drug-likeness (QED) is 0.609. The molecule has 3 N–H and O–H groups in total. The predicted octanol–water partition coefficient (Wildman–Crippen LogP) is 3.55. The second-order valence-corrected chi connectivity index (χ2v) is 5.84. The Labute approximate surface area is 151 Å². The van der Waals surface area contributed by atoms with Crippen LogP contribution < -0.4 is 20.6 Å². The molecule has 7 heteroatoms. The monoisotopic (exact) mass is 361 g/mol. The Morgan fingerprint density at radius 3 is 2.56 bits per heavy atom. The van der Waals surface area contributed by atoms with E-state index < -0.39 is 6.03 Å². The Morgan fingerprint density at radius 1 is 1.28 bits per heavy atom. The Kier molecular flexibility index (Phi) is 6.25. The molecule has 0 unspecified atom stereocenters. The average molecular weight is 362 g/mol. The summed E-state index contributed by atoms with van der Waals surface area (Å²) in [5.74, 6) is 1.43. The zero-order chi connectivity index (χ0) is 18.4. The van der Waals surface area contributed by atoms with Crippen molar-refractivity contribution < 1.29 is 14.3 Å². The zero-order valence-corrected chi connectivity index (χ0v) is 15.1. The topological polar surface area (TPSA) is 85.9 Å². The number of primary amides is 1. The van der Waals surface area contributed by atoms with Crippen LogP contribution in [0.1, 0.15) is 22.3 Å². The van der Waals surface area contributed by atoms with Crippen molar-refractivity contribution in [2.24, 2.45) is 10.8 Å². The summed E-state index contributed by atoms with van der Waals surface area (Å²) >= 11 is 6.18. The van der Waals surface area contributed by atoms with Gasteiger partial charge in [-0.2, -0.15) is 5.10 Å². The van der Waals surface area contributed by atoms with Crippen molar-refractivity contribution in [1.29, 1.82) is 0 Å². The number of urea groups is 1. The van der Waals surface area contributed by atoms with E-state index in [4.69, 9.17) is 26.8 Å². The number of hydrogen-bond donors (Lipinski definition) is 2. The molecule has 25 heavy (non-hydrogen) atoms. The van der Waals surface area contributed by atoms with Crippen LogP contribution in [0.15, 0.2) is 35.4 Å². The van der Waals surface area contributed by atoms with Gasteiger partial charge in [-0.05, 0) is 60.9 Å². The second kappa shape index (κ2) is 8.39. The van der Waals surface area contributed by atoms with Gasteiger partial charge >= 0.3 is 6.03 Å². The number of ether oxygens (including phenoxy) is 2. The van der Waals surface area contributed by atoms with Crippen LogP contribution in [0.25, 0.3) is 0 Å². The fraction of sp³-hybridized carbons (Fsp3) is 0.222. The number of nitrogens with one attached hydrogen (secondary N) is 1. The Morgan fingerprint density at radius 2 is 1.96 bits per heavy atom. The number of aryl methyl sites for hydroxylation is 2. The molecular formula is C18H20ClN3O3. The third-order valence-corrected chi connectivity index (χ3v) is 4.09. The van der Waals surface area contributed by atoms with Crippen molar-refractivity contribution >= 4 is 23.8 Å². The summed E-state index contributed by atoms with van der Waals surface area (Å²) in [6.07, 6.45) is 1.49. The molecule has 0 atom stereocenters. The number of rotatable bonds is 6. The zero-order valence-electron chi connectivity index (χ0n) is 14.3. The van der Waals surface area contributed by atoms with E-state index >= 15 is 0 Å². The first-order valence-electron chi connectivity index (χ1n) is 7.55. The molecule has 0 fully saturated rings. The first-order valence-corrected chi connectivity index (χ1v) is 7.93. The minimum absolute atomic E-state index is 0.314. The number of halogens is 1. The summed E-state index contributed by atoms with van der Waals surface area (Å²) in [7, 11) is 1.60. The van der Waals surface area contributed by atoms with Crippen molar-refractivity contribution in [3.8, 4) is 11.5 Å². The Bertz CT molecular complexity index is 783. The molecule has 2 aromatic rings. The van der Waals surface area contributed by atoms with Crippen LogP contribution in [-0.2, 0) is 6.61 Å². The van der Waals surface area contributed by atoms with Crippen LogP contribution in [-0.4, -0.2) is 19.4 Å². The van der Waals surface area contributed by atoms with Gasteiger partial charge in [-0.25, -0.2) is 10.2 Å². The van der Waals surface area contributed by atoms with Gasteiger partial charge in [-0.15, -0.1) is 0 Å². The number of amides is 2. The highest BCUT2D eigenvalue weighted by atomic mass is 35.5. The van der Waals surface area contributed by atoms with Gasteiger partial charge in [-0.3, -0.25) is 0 Å². The Balaban J connectivity index is 2.17. The van der Waals surface area contributed by atoms with Crippen LogP contribution in [0.5, 0.6) is 11.5 Å². The fourth-order valence-corrected chi connectivity index (χ4v) is 2.42. The molecule has 0 aliphatic heterocycles. The number of carbonyl (C=O) groups is 1. The average Bonchev–Trinajstić information content (AvgIpc) is 2.57. The number of nitrogens with zero attached hydrogens (tertiary/aromatic N) is 1. The van der Waals surface area contributed by atoms with Gasteiger partial charge in [0.05, 0.1) is 13.3 Å². The first kappa shape index (κ1) is 18.6. The Hall–Kier alpha value is -2.73. The standard InChI is InChI=1S/C18H20ClN3O3/c1-11-6-15(7-12(2)17(11)19)25-10-14-8-13(4-5-16(14)24-3)9-21-22-18(20)23/h4-9H,10H2,1-3H3,(H3,20,22,23). The summed E-state index contributed by atoms with van der Waals surface area (Å²) in [5, 5.41) is 4.48. The normalized spacial score (nSPS) is 10.7. The molecule has 132 valence electrons. The van der Waals surface area contributed by atoms with Crippen molar-refractivity contribution in [3.05, 3.63) is 57.6 Å². The van der Waals surface area contributed by atoms with E-state index in [0.29, 0.717) is 12.4 Å². The summed E-state index contributed by atoms with van der Waals surface area (Å²) in [5.41, 5.74) is 10.7. The lowest BCUT2D eigenvalue weighted by molar-refractivity contribution is 0.249. The highest BCUT2D eigenvalue weighted by molar-refractivity contribution is 6.32. The minimum atomic E-state index is -0.721. The van der Waals surface area contributed by atoms with E-state index in [0.717, 1.165) is 33.0 Å². The summed E-state index contributed by atoms with van der Waals surface area (Å²) in [6.45, 7) is 4.19. The molecule has 6 nitrogen and oxygen atoms in total. The van der Waals surface area contributed by atoms with Gasteiger partial charge in [0.25, 0.3) is 0 Å². The van der Waals surface area contributed by atoms with Crippen LogP contribution in [0, 0.1) is 13.8 Å². The molecular weight excluding hydrogens is 342 g/mol. The van der Waals surface area contributed by atoms with E-state index in [9.17, 15) is 4.79 Å². The van der Waals surface area contributed by atoms with Gasteiger partial charge in [0.1, 0.15) is 18.1 Å². The SMILES string of the molecule is COc1ccc(C=NNC(N)=O)cc1COc1cc(C)c(Cl)c(C)c1. The molecule has 0 bridgehead atoms. The fourth-order valence-electron chi connectivity index (χ4n) is 2.31. The van der Waals surface area contributed by atoms with E-state index in [2.05, 4.69) is 10.5 Å². The lowest BCUT2D eigenvalue weighted by Gasteiger charge is -2.13. The van der Waals surface area contributed by atoms with Crippen LogP contribution in [0.2, 0.25) is 5.02 Å². The summed E-state index contributed by atoms with van der Waals surface area (Å²) in [4.78, 5) is 10.6. The van der Waals surface area contributed by atoms with Gasteiger partial charge in [0.15, 0.2) is 0 Å². The van der Waals surface area contributed by atoms with Crippen LogP contribution in [0.3, 0.4) is 0 Å². The van der Waals surface area contributed by atoms with Crippen LogP contribution >= 0.6 is 11.6 Å². The molecule has 0 aliphatic carbocycles. The first-order chi connectivity index (χ1) is 11.9. The van der Waals surface area contributed by atoms with Crippen molar-refractivity contribution in [1.82, 2.24) is 5.43 Å². The molecule has 2 rings (SSSR count). The summed E-state index contributed by atoms with van der Waals surface area (Å²) in [6, 6.07) is 8.55. The smallest absolute Gasteiger partial charge is 0.332 e. The number of nitrogens with two attached hydrogens (primary N) is 1. The van der Waals surface area contributed by atoms with Crippen molar-refractivity contribution in [2.45, 2.75) is 20.5 Å². The van der Waals surface area contributed by atoms with Gasteiger partial charge in [0.2, 0.25) is 0 Å². The van der Waals surface area contributed by atoms with Crippen molar-refractivity contribution in [2.75, 3.05) is 7.11 Å². The highest BCUT2D eigenvalue weighted by Crippen LogP contribution is 2.27. The number of carbonyl (C=O) groups excluding carboxylic acids is 1. The molecule has 0 heterocycles. The molecule has 0 saturated carbocycles. The van der Waals surface area contributed by atoms with Gasteiger partial charge in [-0.1, -0.05) is 11.6 Å². The largest absolute Gasteiger partial charge is 0.496 e. The molecule has 0 aliphatic rings. The van der Waals surface area contributed by atoms with E-state index in [1.165, 1.54) is 6.21 Å². The summed E-state index contributed by atoms with van der Waals surface area (Å²) < 4.78 is 11.2. The molecule has 0 spiro atoms. The maximum atomic E-state index is 10.6. The number of hydrazone groups is 1. The third kappa shape index (κ3) is 5.12. The van der Waals surface area contributed by atoms with Gasteiger partial charge in [0, 0.05) is 10.6 Å². The lowest BCUT2D eigenvalue weighted by Crippen LogP contribution is -2.24. The molecule has 0 saturated heterocycles. The predicted molar refractivity (Wildman–Crippen MR) is 98.6 cm³/mol. The van der Waals surface area contributed by atoms with E-state index in [-0.39, 0.29) is 0 Å². The number of benzene rings is 2.